The first-order valence-corrected chi connectivity index (χ1v) is 12.7. The number of hydrogen-bond acceptors (Lipinski definition) is 8. The molecule has 0 aliphatic carbocycles. The van der Waals surface area contributed by atoms with Gasteiger partial charge < -0.3 is 26.8 Å². The lowest BCUT2D eigenvalue weighted by Crippen LogP contribution is -2.54. The van der Waals surface area contributed by atoms with E-state index in [1.165, 1.54) is 18.3 Å². The minimum absolute atomic E-state index is 0. The number of nitrogen functional groups attached to an aromatic ring is 1. The molecule has 2 aromatic carbocycles. The van der Waals surface area contributed by atoms with Crippen molar-refractivity contribution in [1.29, 1.82) is 0 Å². The maximum Gasteiger partial charge on any atom is 0.251 e. The number of nitrogens with zero attached hydrogens (tertiary/aromatic N) is 2. The lowest BCUT2D eigenvalue weighted by atomic mass is 9.97. The Bertz CT molecular complexity index is 1550. The number of hydrogen-bond donors (Lipinski definition) is 5. The molecule has 0 unspecified atom stereocenters. The Hall–Kier alpha value is -4.54. The van der Waals surface area contributed by atoms with Crippen LogP contribution in [0, 0.1) is 0 Å². The van der Waals surface area contributed by atoms with Crippen LogP contribution in [-0.2, 0) is 0 Å². The number of phenolic OH excluding ortho intramolecular Hbond substituents is 1. The summed E-state index contributed by atoms with van der Waals surface area (Å²) in [5, 5.41) is 20.3. The van der Waals surface area contributed by atoms with E-state index in [4.69, 9.17) is 5.73 Å². The third-order valence-electron chi connectivity index (χ3n) is 6.79. The first kappa shape index (κ1) is 28.5. The number of amides is 2. The number of benzene rings is 2. The van der Waals surface area contributed by atoms with Gasteiger partial charge in [0.25, 0.3) is 11.8 Å². The molecule has 2 amide bonds. The summed E-state index contributed by atoms with van der Waals surface area (Å²) in [6.45, 7) is 1.27. The molecule has 1 aliphatic rings. The molecule has 5 rings (SSSR count). The van der Waals surface area contributed by atoms with Crippen molar-refractivity contribution in [2.24, 2.45) is 0 Å². The number of fused-ring (bicyclic) bond motifs is 1. The Morgan fingerprint density at radius 1 is 0.875 bits per heavy atom. The van der Waals surface area contributed by atoms with Gasteiger partial charge in [0, 0.05) is 41.0 Å². The summed E-state index contributed by atoms with van der Waals surface area (Å²) in [4.78, 5) is 47.4. The van der Waals surface area contributed by atoms with Gasteiger partial charge in [-0.2, -0.15) is 0 Å². The van der Waals surface area contributed by atoms with Crippen LogP contribution < -0.4 is 21.7 Å². The number of aromatic hydroxyl groups is 1. The van der Waals surface area contributed by atoms with Crippen molar-refractivity contribution >= 4 is 46.7 Å². The van der Waals surface area contributed by atoms with E-state index in [2.05, 4.69) is 25.9 Å². The molecule has 2 aromatic heterocycles. The average Bonchev–Trinajstić information content (AvgIpc) is 3.17. The van der Waals surface area contributed by atoms with Gasteiger partial charge in [0.2, 0.25) is 0 Å². The molecule has 0 saturated carbocycles. The highest BCUT2D eigenvalue weighted by molar-refractivity contribution is 6.18. The van der Waals surface area contributed by atoms with E-state index in [1.807, 2.05) is 0 Å². The van der Waals surface area contributed by atoms with E-state index >= 15 is 0 Å². The summed E-state index contributed by atoms with van der Waals surface area (Å²) in [6, 6.07) is 15.3. The molecule has 1 saturated heterocycles. The van der Waals surface area contributed by atoms with E-state index in [1.54, 1.807) is 54.7 Å². The lowest BCUT2D eigenvalue weighted by molar-refractivity contribution is 0.0882. The molecule has 1 aliphatic heterocycles. The first-order valence-electron chi connectivity index (χ1n) is 12.7. The average molecular weight is 561 g/mol. The van der Waals surface area contributed by atoms with Crippen LogP contribution in [0.1, 0.15) is 49.5 Å². The maximum absolute atomic E-state index is 13.3. The largest absolute Gasteiger partial charge is 0.507 e. The van der Waals surface area contributed by atoms with E-state index in [0.29, 0.717) is 40.6 Å². The quantitative estimate of drug-likeness (QED) is 0.225. The van der Waals surface area contributed by atoms with Gasteiger partial charge in [0.1, 0.15) is 11.6 Å². The van der Waals surface area contributed by atoms with Crippen LogP contribution in [0.5, 0.6) is 5.75 Å². The van der Waals surface area contributed by atoms with Crippen molar-refractivity contribution in [1.82, 2.24) is 25.9 Å². The molecule has 206 valence electrons. The third-order valence-corrected chi connectivity index (χ3v) is 6.79. The fourth-order valence-electron chi connectivity index (χ4n) is 4.76. The number of rotatable bonds is 6. The number of carbonyl (C=O) groups is 3. The number of nitrogens with one attached hydrogen (secondary N) is 3. The van der Waals surface area contributed by atoms with E-state index in [-0.39, 0.29) is 59.2 Å². The van der Waals surface area contributed by atoms with Gasteiger partial charge in [-0.1, -0.05) is 18.2 Å². The van der Waals surface area contributed by atoms with Gasteiger partial charge in [0.15, 0.2) is 5.78 Å². The number of phenols is 1. The minimum Gasteiger partial charge on any atom is -0.507 e. The molecule has 1 fully saturated rings. The predicted octanol–water partition coefficient (Wildman–Crippen LogP) is 2.85. The number of ketones is 1. The SMILES string of the molecule is Cl.Nc1cc(C(=O)N[C@@H]2CNCCC[C@H]2NC(=O)c2ccc(C(=O)c3c(O)ccc4ncccc34)cc2)ccn1. The highest BCUT2D eigenvalue weighted by Gasteiger charge is 2.27. The van der Waals surface area contributed by atoms with E-state index in [0.717, 1.165) is 13.0 Å². The zero-order chi connectivity index (χ0) is 27.4. The second-order valence-electron chi connectivity index (χ2n) is 9.41. The van der Waals surface area contributed by atoms with Crippen LogP contribution in [0.2, 0.25) is 0 Å². The molecule has 2 atom stereocenters. The number of nitrogens with two attached hydrogens (primary N) is 1. The Kier molecular flexibility index (Phi) is 8.93. The second-order valence-corrected chi connectivity index (χ2v) is 9.41. The fraction of sp³-hybridized carbons (Fsp3) is 0.207. The van der Waals surface area contributed by atoms with Crippen LogP contribution in [0.15, 0.2) is 73.1 Å². The summed E-state index contributed by atoms with van der Waals surface area (Å²) in [5.41, 5.74) is 7.57. The molecule has 10 nitrogen and oxygen atoms in total. The van der Waals surface area contributed by atoms with Gasteiger partial charge >= 0.3 is 0 Å². The Morgan fingerprint density at radius 2 is 1.60 bits per heavy atom. The number of aromatic nitrogens is 2. The Balaban J connectivity index is 0.00000370. The second kappa shape index (κ2) is 12.5. The number of halogens is 1. The Morgan fingerprint density at radius 3 is 2.38 bits per heavy atom. The predicted molar refractivity (Wildman–Crippen MR) is 154 cm³/mol. The molecule has 0 radical (unpaired) electrons. The highest BCUT2D eigenvalue weighted by atomic mass is 35.5. The molecule has 6 N–H and O–H groups in total. The zero-order valence-corrected chi connectivity index (χ0v) is 22.3. The van der Waals surface area contributed by atoms with Crippen LogP contribution >= 0.6 is 12.4 Å². The van der Waals surface area contributed by atoms with Crippen molar-refractivity contribution in [2.45, 2.75) is 24.9 Å². The van der Waals surface area contributed by atoms with Crippen LogP contribution in [0.3, 0.4) is 0 Å². The molecule has 40 heavy (non-hydrogen) atoms. The van der Waals surface area contributed by atoms with Gasteiger partial charge in [-0.05, 0) is 61.9 Å². The van der Waals surface area contributed by atoms with Crippen molar-refractivity contribution in [2.75, 3.05) is 18.8 Å². The van der Waals surface area contributed by atoms with E-state index < -0.39 is 0 Å². The standard InChI is InChI=1S/C29H28N6O4.ClH/c30-25-15-19(11-14-33-25)29(39)35-23-16-31-12-2-4-22(23)34-28(38)18-7-5-17(6-8-18)27(37)26-20-3-1-13-32-21(20)9-10-24(26)36;/h1,3,5-11,13-15,22-23,31,36H,2,4,12,16H2,(H2,30,33)(H,34,38)(H,35,39);1H/t22-,23-;/m1./s1. The van der Waals surface area contributed by atoms with Gasteiger partial charge in [-0.3, -0.25) is 19.4 Å². The topological polar surface area (TPSA) is 159 Å². The van der Waals surface area contributed by atoms with Crippen molar-refractivity contribution in [3.8, 4) is 5.75 Å². The fourth-order valence-corrected chi connectivity index (χ4v) is 4.76. The molecular weight excluding hydrogens is 532 g/mol. The summed E-state index contributed by atoms with van der Waals surface area (Å²) >= 11 is 0. The highest BCUT2D eigenvalue weighted by Crippen LogP contribution is 2.28. The molecule has 0 spiro atoms. The maximum atomic E-state index is 13.3. The monoisotopic (exact) mass is 560 g/mol. The first-order chi connectivity index (χ1) is 18.9. The Labute approximate surface area is 236 Å². The van der Waals surface area contributed by atoms with Gasteiger partial charge in [0.05, 0.1) is 23.2 Å². The summed E-state index contributed by atoms with van der Waals surface area (Å²) in [6.07, 6.45) is 4.60. The third kappa shape index (κ3) is 6.19. The summed E-state index contributed by atoms with van der Waals surface area (Å²) in [5.74, 6) is -0.864. The lowest BCUT2D eigenvalue weighted by Gasteiger charge is -2.27. The summed E-state index contributed by atoms with van der Waals surface area (Å²) < 4.78 is 0. The van der Waals surface area contributed by atoms with Gasteiger partial charge in [-0.25, -0.2) is 4.98 Å². The molecule has 11 heteroatoms. The van der Waals surface area contributed by atoms with Crippen molar-refractivity contribution < 1.29 is 19.5 Å². The van der Waals surface area contributed by atoms with Crippen molar-refractivity contribution in [3.05, 3.63) is 95.3 Å². The van der Waals surface area contributed by atoms with Crippen molar-refractivity contribution in [3.63, 3.8) is 0 Å². The van der Waals surface area contributed by atoms with Crippen LogP contribution in [0.4, 0.5) is 5.82 Å². The number of anilines is 1. The van der Waals surface area contributed by atoms with Crippen LogP contribution in [0.25, 0.3) is 10.9 Å². The van der Waals surface area contributed by atoms with Gasteiger partial charge in [-0.15, -0.1) is 12.4 Å². The number of carbonyl (C=O) groups excluding carboxylic acids is 3. The molecule has 0 bridgehead atoms. The minimum atomic E-state index is -0.368. The molecule has 4 aromatic rings. The molecule has 3 heterocycles. The summed E-state index contributed by atoms with van der Waals surface area (Å²) in [7, 11) is 0. The van der Waals surface area contributed by atoms with E-state index in [9.17, 15) is 19.5 Å². The smallest absolute Gasteiger partial charge is 0.251 e. The zero-order valence-electron chi connectivity index (χ0n) is 21.5. The number of pyridine rings is 2. The van der Waals surface area contributed by atoms with Crippen LogP contribution in [-0.4, -0.2) is 57.8 Å². The molecular formula is C29H29ClN6O4. The normalized spacial score (nSPS) is 16.8.